The number of para-hydroxylation sites is 1. The van der Waals surface area contributed by atoms with Gasteiger partial charge in [-0.25, -0.2) is 26.2 Å². The number of nitrogens with one attached hydrogen (secondary N) is 2. The molecule has 5 rings (SSSR count). The highest BCUT2D eigenvalue weighted by Crippen LogP contribution is 2.27. The third-order valence-electron chi connectivity index (χ3n) is 7.12. The van der Waals surface area contributed by atoms with Gasteiger partial charge in [-0.1, -0.05) is 29.8 Å². The van der Waals surface area contributed by atoms with Gasteiger partial charge in [-0.2, -0.15) is 0 Å². The van der Waals surface area contributed by atoms with Crippen molar-refractivity contribution in [3.63, 3.8) is 0 Å². The van der Waals surface area contributed by atoms with Crippen LogP contribution in [0.25, 0.3) is 5.69 Å². The van der Waals surface area contributed by atoms with Crippen molar-refractivity contribution < 1.29 is 26.0 Å². The normalized spacial score (nSPS) is 11.8. The van der Waals surface area contributed by atoms with Crippen molar-refractivity contribution in [2.75, 3.05) is 16.7 Å². The van der Waals surface area contributed by atoms with Gasteiger partial charge < -0.3 is 9.73 Å². The predicted molar refractivity (Wildman–Crippen MR) is 170 cm³/mol. The van der Waals surface area contributed by atoms with Crippen LogP contribution < -0.4 is 19.9 Å². The van der Waals surface area contributed by atoms with Crippen LogP contribution in [-0.4, -0.2) is 39.2 Å². The van der Waals surface area contributed by atoms with Crippen LogP contribution in [0.15, 0.2) is 110 Å². The summed E-state index contributed by atoms with van der Waals surface area (Å²) in [6, 6.07) is 21.1. The lowest BCUT2D eigenvalue weighted by atomic mass is 10.2. The number of sulfonamides is 2. The van der Waals surface area contributed by atoms with E-state index in [4.69, 9.17) is 16.0 Å². The molecule has 0 bridgehead atoms. The first-order valence-electron chi connectivity index (χ1n) is 13.4. The summed E-state index contributed by atoms with van der Waals surface area (Å²) < 4.78 is 64.0. The summed E-state index contributed by atoms with van der Waals surface area (Å²) in [6.45, 7) is 1.60. The molecule has 15 heteroatoms. The van der Waals surface area contributed by atoms with Gasteiger partial charge in [-0.15, -0.1) is 0 Å². The number of carbonyl (C=O) groups is 1. The molecular formula is C30H28ClN5O7S2. The summed E-state index contributed by atoms with van der Waals surface area (Å²) in [5, 5.41) is 2.58. The second-order valence-electron chi connectivity index (χ2n) is 9.91. The summed E-state index contributed by atoms with van der Waals surface area (Å²) in [5.74, 6) is -0.286. The van der Waals surface area contributed by atoms with Gasteiger partial charge in [-0.05, 0) is 73.7 Å². The Balaban J connectivity index is 1.37. The lowest BCUT2D eigenvalue weighted by Gasteiger charge is -2.19. The van der Waals surface area contributed by atoms with Gasteiger partial charge in [0, 0.05) is 19.8 Å². The van der Waals surface area contributed by atoms with E-state index in [0.717, 1.165) is 10.4 Å². The topological polar surface area (TPSA) is 153 Å². The zero-order valence-electron chi connectivity index (χ0n) is 24.3. The van der Waals surface area contributed by atoms with E-state index >= 15 is 0 Å². The number of anilines is 2. The molecule has 0 radical (unpaired) electrons. The van der Waals surface area contributed by atoms with Crippen molar-refractivity contribution >= 4 is 48.9 Å². The molecule has 0 saturated carbocycles. The number of halogens is 1. The number of hydrogen-bond acceptors (Lipinski definition) is 7. The molecule has 0 fully saturated rings. The molecular weight excluding hydrogens is 642 g/mol. The fourth-order valence-electron chi connectivity index (χ4n) is 4.61. The standard InChI is InChI=1S/C30H28ClN5O7S2/c1-20-28(30(38)36(34(20)2)22-8-5-4-6-9-22)35(3)45(41,42)25-15-16-27(31)26(18-25)29(37)33-21-11-13-24(14-12-21)44(39,40)32-19-23-10-7-17-43-23/h4-18,32H,19H2,1-3H3,(H,33,37). The van der Waals surface area contributed by atoms with E-state index in [-0.39, 0.29) is 38.3 Å². The second kappa shape index (κ2) is 12.4. The van der Waals surface area contributed by atoms with Crippen LogP contribution in [0.1, 0.15) is 21.8 Å². The molecule has 1 amide bonds. The van der Waals surface area contributed by atoms with Crippen molar-refractivity contribution in [2.45, 2.75) is 23.3 Å². The molecule has 45 heavy (non-hydrogen) atoms. The number of furan rings is 1. The first-order chi connectivity index (χ1) is 21.3. The van der Waals surface area contributed by atoms with Crippen LogP contribution in [-0.2, 0) is 33.6 Å². The molecule has 0 aliphatic rings. The third kappa shape index (κ3) is 6.31. The van der Waals surface area contributed by atoms with Crippen molar-refractivity contribution in [1.82, 2.24) is 14.1 Å². The molecule has 0 unspecified atom stereocenters. The lowest BCUT2D eigenvalue weighted by molar-refractivity contribution is 0.102. The largest absolute Gasteiger partial charge is 0.468 e. The number of nitrogens with zero attached hydrogens (tertiary/aromatic N) is 3. The first-order valence-corrected chi connectivity index (χ1v) is 16.7. The highest BCUT2D eigenvalue weighted by atomic mass is 35.5. The summed E-state index contributed by atoms with van der Waals surface area (Å²) in [6.07, 6.45) is 1.43. The third-order valence-corrected chi connectivity index (χ3v) is 10.6. The molecule has 2 heterocycles. The SMILES string of the molecule is Cc1c(N(C)S(=O)(=O)c2ccc(Cl)c(C(=O)Nc3ccc(S(=O)(=O)NCc4ccco4)cc3)c2)c(=O)n(-c2ccccc2)n1C. The van der Waals surface area contributed by atoms with Crippen molar-refractivity contribution in [1.29, 1.82) is 0 Å². The smallest absolute Gasteiger partial charge is 0.296 e. The quantitative estimate of drug-likeness (QED) is 0.225. The number of hydrogen-bond donors (Lipinski definition) is 2. The van der Waals surface area contributed by atoms with Crippen LogP contribution in [0.4, 0.5) is 11.4 Å². The Morgan fingerprint density at radius 2 is 1.60 bits per heavy atom. The molecule has 234 valence electrons. The summed E-state index contributed by atoms with van der Waals surface area (Å²) in [4.78, 5) is 26.3. The monoisotopic (exact) mass is 669 g/mol. The zero-order valence-corrected chi connectivity index (χ0v) is 26.7. The number of carbonyl (C=O) groups excluding carboxylic acids is 1. The van der Waals surface area contributed by atoms with Gasteiger partial charge in [0.25, 0.3) is 21.5 Å². The predicted octanol–water partition coefficient (Wildman–Crippen LogP) is 4.29. The van der Waals surface area contributed by atoms with Crippen LogP contribution in [0.5, 0.6) is 0 Å². The highest BCUT2D eigenvalue weighted by Gasteiger charge is 2.30. The van der Waals surface area contributed by atoms with E-state index < -0.39 is 31.5 Å². The molecule has 5 aromatic rings. The zero-order chi connectivity index (χ0) is 32.5. The molecule has 0 saturated heterocycles. The minimum Gasteiger partial charge on any atom is -0.468 e. The van der Waals surface area contributed by atoms with Crippen molar-refractivity contribution in [2.24, 2.45) is 7.05 Å². The van der Waals surface area contributed by atoms with E-state index in [1.807, 2.05) is 0 Å². The van der Waals surface area contributed by atoms with Gasteiger partial charge in [0.2, 0.25) is 10.0 Å². The summed E-state index contributed by atoms with van der Waals surface area (Å²) >= 11 is 6.29. The Hall–Kier alpha value is -4.63. The number of aromatic nitrogens is 2. The molecule has 2 N–H and O–H groups in total. The first kappa shape index (κ1) is 31.8. The Labute approximate surface area is 264 Å². The van der Waals surface area contributed by atoms with Gasteiger partial charge in [0.15, 0.2) is 0 Å². The fourth-order valence-corrected chi connectivity index (χ4v) is 7.08. The molecule has 0 spiro atoms. The molecule has 2 aromatic heterocycles. The average molecular weight is 670 g/mol. The Kier molecular flexibility index (Phi) is 8.76. The molecule has 12 nitrogen and oxygen atoms in total. The van der Waals surface area contributed by atoms with E-state index in [9.17, 15) is 26.4 Å². The molecule has 0 atom stereocenters. The van der Waals surface area contributed by atoms with Crippen molar-refractivity contribution in [3.05, 3.63) is 124 Å². The van der Waals surface area contributed by atoms with Crippen LogP contribution >= 0.6 is 11.6 Å². The van der Waals surface area contributed by atoms with Gasteiger partial charge in [0.05, 0.1) is 44.6 Å². The maximum Gasteiger partial charge on any atom is 0.296 e. The summed E-state index contributed by atoms with van der Waals surface area (Å²) in [7, 11) is -5.27. The summed E-state index contributed by atoms with van der Waals surface area (Å²) in [5.41, 5.74) is 0.467. The van der Waals surface area contributed by atoms with Crippen molar-refractivity contribution in [3.8, 4) is 5.69 Å². The van der Waals surface area contributed by atoms with Crippen LogP contribution in [0, 0.1) is 6.92 Å². The van der Waals surface area contributed by atoms with Gasteiger partial charge in [0.1, 0.15) is 11.4 Å². The lowest BCUT2D eigenvalue weighted by Crippen LogP contribution is -2.32. The highest BCUT2D eigenvalue weighted by molar-refractivity contribution is 7.92. The molecule has 3 aromatic carbocycles. The van der Waals surface area contributed by atoms with Gasteiger partial charge >= 0.3 is 0 Å². The fraction of sp³-hybridized carbons (Fsp3) is 0.133. The maximum absolute atomic E-state index is 13.7. The van der Waals surface area contributed by atoms with Crippen LogP contribution in [0.3, 0.4) is 0 Å². The van der Waals surface area contributed by atoms with Gasteiger partial charge in [-0.3, -0.25) is 18.6 Å². The minimum atomic E-state index is -4.32. The Bertz CT molecular complexity index is 2140. The van der Waals surface area contributed by atoms with Crippen LogP contribution in [0.2, 0.25) is 5.02 Å². The Morgan fingerprint density at radius 1 is 0.933 bits per heavy atom. The minimum absolute atomic E-state index is 0.0160. The van der Waals surface area contributed by atoms with E-state index in [1.165, 1.54) is 54.4 Å². The van der Waals surface area contributed by atoms with E-state index in [2.05, 4.69) is 10.0 Å². The molecule has 0 aliphatic carbocycles. The number of amides is 1. The average Bonchev–Trinajstić information content (AvgIpc) is 3.62. The second-order valence-corrected chi connectivity index (χ2v) is 14.1. The number of rotatable bonds is 10. The van der Waals surface area contributed by atoms with E-state index in [1.54, 1.807) is 61.1 Å². The van der Waals surface area contributed by atoms with E-state index in [0.29, 0.717) is 17.1 Å². The Morgan fingerprint density at radius 3 is 2.24 bits per heavy atom. The maximum atomic E-state index is 13.7. The number of benzene rings is 3. The molecule has 0 aliphatic heterocycles.